The van der Waals surface area contributed by atoms with Gasteiger partial charge in [0.1, 0.15) is 11.2 Å². The Labute approximate surface area is 547 Å². The summed E-state index contributed by atoms with van der Waals surface area (Å²) in [5.41, 5.74) is 24.3. The number of hydrogen-bond acceptors (Lipinski definition) is 8. The van der Waals surface area contributed by atoms with Crippen LogP contribution in [0.1, 0.15) is 0 Å². The van der Waals surface area contributed by atoms with Gasteiger partial charge in [-0.15, -0.1) is 0 Å². The van der Waals surface area contributed by atoms with E-state index in [9.17, 15) is 0 Å². The number of nitrogens with zero attached hydrogens (tertiary/aromatic N) is 8. The highest BCUT2D eigenvalue weighted by atomic mass is 16.3. The molecular weight excluding hydrogens is 1160 g/mol. The minimum Gasteiger partial charge on any atom is -0.455 e. The molecule has 17 aromatic rings. The molecule has 4 aromatic heterocycles. The second kappa shape index (κ2) is 22.0. The van der Waals surface area contributed by atoms with Crippen LogP contribution in [0, 0.1) is 0 Å². The molecule has 13 aromatic carbocycles. The Balaban J connectivity index is 0.771. The summed E-state index contributed by atoms with van der Waals surface area (Å²) in [4.78, 5) is 31.8. The average molecular weight is 1210 g/mol. The maximum absolute atomic E-state index is 6.82. The van der Waals surface area contributed by atoms with Crippen molar-refractivity contribution in [1.82, 2.24) is 29.5 Å². The minimum atomic E-state index is 0.0590. The molecule has 19 rings (SSSR count). The first-order valence-corrected chi connectivity index (χ1v) is 32.1. The zero-order valence-corrected chi connectivity index (χ0v) is 51.2. The van der Waals surface area contributed by atoms with E-state index >= 15 is 0 Å². The summed E-state index contributed by atoms with van der Waals surface area (Å²) in [6.45, 7) is 0.0590. The maximum Gasteiger partial charge on any atom is 0.252 e. The summed E-state index contributed by atoms with van der Waals surface area (Å²) in [7, 11) is 0. The zero-order valence-electron chi connectivity index (χ0n) is 51.2. The molecule has 0 radical (unpaired) electrons. The van der Waals surface area contributed by atoms with Crippen LogP contribution in [-0.4, -0.2) is 36.2 Å². The van der Waals surface area contributed by atoms with Crippen LogP contribution in [0.25, 0.3) is 129 Å². The Morgan fingerprint density at radius 1 is 0.284 bits per heavy atom. The van der Waals surface area contributed by atoms with Gasteiger partial charge in [0.05, 0.1) is 33.5 Å². The van der Waals surface area contributed by atoms with Gasteiger partial charge in [0.2, 0.25) is 0 Å². The van der Waals surface area contributed by atoms with Crippen LogP contribution < -0.4 is 26.2 Å². The molecule has 95 heavy (non-hydrogen) atoms. The van der Waals surface area contributed by atoms with Gasteiger partial charge in [0.25, 0.3) is 6.71 Å². The van der Waals surface area contributed by atoms with Gasteiger partial charge in [-0.2, -0.15) is 0 Å². The third-order valence-corrected chi connectivity index (χ3v) is 18.9. The van der Waals surface area contributed by atoms with Crippen molar-refractivity contribution in [3.63, 3.8) is 0 Å². The van der Waals surface area contributed by atoms with Crippen LogP contribution >= 0.6 is 0 Å². The van der Waals surface area contributed by atoms with Crippen molar-refractivity contribution in [2.75, 3.05) is 9.80 Å². The van der Waals surface area contributed by atoms with Gasteiger partial charge in [-0.25, -0.2) is 24.9 Å². The molecule has 10 heteroatoms. The lowest BCUT2D eigenvalue weighted by Gasteiger charge is -2.44. The van der Waals surface area contributed by atoms with E-state index in [1.807, 2.05) is 66.7 Å². The molecule has 0 saturated carbocycles. The number of anilines is 6. The molecule has 0 atom stereocenters. The first-order valence-electron chi connectivity index (χ1n) is 32.1. The Morgan fingerprint density at radius 3 is 1.48 bits per heavy atom. The molecule has 0 aliphatic carbocycles. The quantitative estimate of drug-likeness (QED) is 0.125. The van der Waals surface area contributed by atoms with Crippen molar-refractivity contribution >= 4 is 101 Å². The molecule has 2 aliphatic heterocycles. The van der Waals surface area contributed by atoms with Gasteiger partial charge >= 0.3 is 0 Å². The van der Waals surface area contributed by atoms with Crippen LogP contribution in [-0.2, 0) is 0 Å². The molecule has 0 N–H and O–H groups in total. The number of rotatable bonds is 10. The summed E-state index contributed by atoms with van der Waals surface area (Å²) in [5, 5.41) is 4.24. The third-order valence-electron chi connectivity index (χ3n) is 18.9. The van der Waals surface area contributed by atoms with E-state index in [2.05, 4.69) is 269 Å². The number of hydrogen-bond donors (Lipinski definition) is 0. The van der Waals surface area contributed by atoms with Gasteiger partial charge in [-0.1, -0.05) is 224 Å². The lowest BCUT2D eigenvalue weighted by Crippen LogP contribution is -2.61. The topological polar surface area (TPSA) is 89.0 Å². The number of para-hydroxylation sites is 5. The van der Waals surface area contributed by atoms with Gasteiger partial charge in [-0.05, 0) is 125 Å². The first-order chi connectivity index (χ1) is 47.1. The molecule has 0 amide bonds. The van der Waals surface area contributed by atoms with Crippen LogP contribution in [0.5, 0.6) is 0 Å². The normalized spacial score (nSPS) is 12.4. The van der Waals surface area contributed by atoms with E-state index in [-0.39, 0.29) is 6.71 Å². The van der Waals surface area contributed by atoms with Gasteiger partial charge < -0.3 is 18.8 Å². The van der Waals surface area contributed by atoms with Crippen molar-refractivity contribution in [1.29, 1.82) is 0 Å². The Kier molecular flexibility index (Phi) is 12.5. The molecule has 0 bridgehead atoms. The number of aromatic nitrogens is 6. The average Bonchev–Trinajstić information content (AvgIpc) is 1.71. The first kappa shape index (κ1) is 54.0. The summed E-state index contributed by atoms with van der Waals surface area (Å²) in [6, 6.07) is 113. The smallest absolute Gasteiger partial charge is 0.252 e. The van der Waals surface area contributed by atoms with Gasteiger partial charge in [0.15, 0.2) is 23.3 Å². The fourth-order valence-corrected chi connectivity index (χ4v) is 14.6. The number of benzene rings is 13. The molecule has 2 aliphatic rings. The predicted octanol–water partition coefficient (Wildman–Crippen LogP) is 19.4. The van der Waals surface area contributed by atoms with E-state index in [0.717, 1.165) is 122 Å². The number of furan rings is 1. The fraction of sp³-hybridized carbons (Fsp3) is 0. The lowest BCUT2D eigenvalue weighted by molar-refractivity contribution is 0.673. The monoisotopic (exact) mass is 1210 g/mol. The Bertz CT molecular complexity index is 5820. The van der Waals surface area contributed by atoms with E-state index in [1.165, 1.54) is 33.5 Å². The predicted molar refractivity (Wildman–Crippen MR) is 389 cm³/mol. The largest absolute Gasteiger partial charge is 0.455 e. The molecule has 0 unspecified atom stereocenters. The minimum absolute atomic E-state index is 0.0590. The van der Waals surface area contributed by atoms with Crippen molar-refractivity contribution in [3.05, 3.63) is 322 Å². The fourth-order valence-electron chi connectivity index (χ4n) is 14.6. The van der Waals surface area contributed by atoms with Crippen LogP contribution in [0.15, 0.2) is 326 Å². The highest BCUT2D eigenvalue weighted by Gasteiger charge is 2.43. The van der Waals surface area contributed by atoms with Gasteiger partial charge in [-0.3, -0.25) is 0 Å². The Morgan fingerprint density at radius 2 is 0.789 bits per heavy atom. The summed E-state index contributed by atoms with van der Waals surface area (Å²) >= 11 is 0. The van der Waals surface area contributed by atoms with Crippen molar-refractivity contribution in [2.24, 2.45) is 0 Å². The highest BCUT2D eigenvalue weighted by Crippen LogP contribution is 2.46. The lowest BCUT2D eigenvalue weighted by atomic mass is 9.33. The maximum atomic E-state index is 6.82. The third kappa shape index (κ3) is 8.91. The van der Waals surface area contributed by atoms with E-state index in [0.29, 0.717) is 23.3 Å². The van der Waals surface area contributed by atoms with Gasteiger partial charge in [0, 0.05) is 83.7 Å². The zero-order chi connectivity index (χ0) is 62.5. The highest BCUT2D eigenvalue weighted by molar-refractivity contribution is 7.00. The summed E-state index contributed by atoms with van der Waals surface area (Å²) in [5.74, 6) is 2.21. The molecule has 0 fully saturated rings. The second-order valence-electron chi connectivity index (χ2n) is 24.3. The van der Waals surface area contributed by atoms with Crippen LogP contribution in [0.3, 0.4) is 0 Å². The van der Waals surface area contributed by atoms with E-state index < -0.39 is 0 Å². The Hall–Kier alpha value is -12.8. The van der Waals surface area contributed by atoms with Crippen molar-refractivity contribution in [2.45, 2.75) is 0 Å². The molecule has 442 valence electrons. The molecule has 0 saturated heterocycles. The van der Waals surface area contributed by atoms with E-state index in [4.69, 9.17) is 29.3 Å². The van der Waals surface area contributed by atoms with Crippen LogP contribution in [0.2, 0.25) is 0 Å². The van der Waals surface area contributed by atoms with E-state index in [1.54, 1.807) is 0 Å². The molecule has 9 nitrogen and oxygen atoms in total. The molecule has 6 heterocycles. The summed E-state index contributed by atoms with van der Waals surface area (Å²) < 4.78 is 9.15. The molecular formula is C85H53BN8O. The van der Waals surface area contributed by atoms with Crippen molar-refractivity contribution < 1.29 is 4.42 Å². The SMILES string of the molecule is c1ccc(-c2cc(-c3ccc(-n4c5ccccc5c5c6oc7ccccc7c6ccc54)c(-c4nc(-c5ccccc5)nc(-c5cccc(-c6ccc(N7c8ccccc8B8c9ccccc9N(c9ccccc9)c9cccc7c98)cc6)c5)n4)c3)nc(-c3ccccc3)n2)cc1. The van der Waals surface area contributed by atoms with Crippen molar-refractivity contribution in [3.8, 4) is 84.9 Å². The second-order valence-corrected chi connectivity index (χ2v) is 24.3. The number of fused-ring (bicyclic) bond motifs is 11. The summed E-state index contributed by atoms with van der Waals surface area (Å²) in [6.07, 6.45) is 0. The van der Waals surface area contributed by atoms with Crippen LogP contribution in [0.4, 0.5) is 34.1 Å². The standard InChI is InChI=1S/C85H53BN8O/c1-5-23-55(24-6-1)69-53-70(88-82(87-69)56-25-7-2-8-26-56)59-45-49-72(94-71-37-17-13-34-65(71)79-75(94)50-48-64-63-33-14-20-42-78(63)95-81(64)79)66(52-59)85-90-83(57-27-9-3-10-28-57)89-84(91-85)60-30-21-29-58(51-60)54-43-46-62(47-44-54)93-74-39-19-16-36-68(74)86-67-35-15-18-38-73(67)92(61-31-11-4-12-32-61)76-40-22-41-77(93)80(76)86/h1-53H. The molecule has 0 spiro atoms.